The molecule has 0 saturated carbocycles. The molecule has 0 aliphatic heterocycles. The van der Waals surface area contributed by atoms with Gasteiger partial charge in [0.2, 0.25) is 0 Å². The summed E-state index contributed by atoms with van der Waals surface area (Å²) >= 11 is 0. The van der Waals surface area contributed by atoms with E-state index in [0.29, 0.717) is 12.2 Å². The molecular weight excluding hydrogens is 168 g/mol. The standard InChI is InChI=1S/C10H12O3/c1-2-9(10(11)12)13-8-6-4-3-5-7-8/h3-7,9H,2H2,1H3,(H,11,12)/t9-/m1/s1. The van der Waals surface area contributed by atoms with Gasteiger partial charge in [0.05, 0.1) is 0 Å². The first kappa shape index (κ1) is 9.58. The highest BCUT2D eigenvalue weighted by atomic mass is 16.5. The summed E-state index contributed by atoms with van der Waals surface area (Å²) in [4.78, 5) is 10.6. The molecule has 3 heteroatoms. The van der Waals surface area contributed by atoms with E-state index in [0.717, 1.165) is 0 Å². The van der Waals surface area contributed by atoms with E-state index >= 15 is 0 Å². The Morgan fingerprint density at radius 2 is 2.08 bits per heavy atom. The van der Waals surface area contributed by atoms with E-state index in [1.807, 2.05) is 18.2 Å². The summed E-state index contributed by atoms with van der Waals surface area (Å²) in [6.45, 7) is 1.78. The van der Waals surface area contributed by atoms with Crippen molar-refractivity contribution in [3.8, 4) is 5.75 Å². The van der Waals surface area contributed by atoms with Crippen LogP contribution in [-0.4, -0.2) is 17.2 Å². The van der Waals surface area contributed by atoms with Crippen molar-refractivity contribution in [3.05, 3.63) is 30.3 Å². The van der Waals surface area contributed by atoms with Gasteiger partial charge in [-0.05, 0) is 18.6 Å². The molecule has 0 saturated heterocycles. The van der Waals surface area contributed by atoms with Gasteiger partial charge in [0.25, 0.3) is 0 Å². The Morgan fingerprint density at radius 3 is 2.54 bits per heavy atom. The van der Waals surface area contributed by atoms with E-state index < -0.39 is 12.1 Å². The van der Waals surface area contributed by atoms with Gasteiger partial charge >= 0.3 is 5.97 Å². The van der Waals surface area contributed by atoms with Crippen LogP contribution in [-0.2, 0) is 4.79 Å². The minimum Gasteiger partial charge on any atom is -0.479 e. The van der Waals surface area contributed by atoms with Crippen molar-refractivity contribution in [2.45, 2.75) is 19.4 Å². The fourth-order valence-corrected chi connectivity index (χ4v) is 0.972. The molecular formula is C10H12O3. The normalized spacial score (nSPS) is 12.1. The molecule has 0 fully saturated rings. The lowest BCUT2D eigenvalue weighted by Gasteiger charge is -2.12. The molecule has 1 N–H and O–H groups in total. The van der Waals surface area contributed by atoms with Crippen molar-refractivity contribution in [1.29, 1.82) is 0 Å². The van der Waals surface area contributed by atoms with Gasteiger partial charge in [-0.1, -0.05) is 25.1 Å². The van der Waals surface area contributed by atoms with Crippen LogP contribution in [0.2, 0.25) is 0 Å². The number of hydrogen-bond acceptors (Lipinski definition) is 2. The summed E-state index contributed by atoms with van der Waals surface area (Å²) in [5, 5.41) is 8.71. The zero-order valence-electron chi connectivity index (χ0n) is 7.43. The van der Waals surface area contributed by atoms with Gasteiger partial charge in [0.15, 0.2) is 6.10 Å². The molecule has 0 amide bonds. The maximum Gasteiger partial charge on any atom is 0.344 e. The number of aliphatic carboxylic acids is 1. The minimum absolute atomic E-state index is 0.463. The predicted octanol–water partition coefficient (Wildman–Crippen LogP) is 1.93. The van der Waals surface area contributed by atoms with Crippen molar-refractivity contribution >= 4 is 5.97 Å². The second-order valence-corrected chi connectivity index (χ2v) is 2.67. The summed E-state index contributed by atoms with van der Waals surface area (Å²) in [6.07, 6.45) is -0.285. The SMILES string of the molecule is CC[C@@H](Oc1ccccc1)C(=O)O. The maximum absolute atomic E-state index is 10.6. The second kappa shape index (κ2) is 4.50. The Morgan fingerprint density at radius 1 is 1.46 bits per heavy atom. The number of hydrogen-bond donors (Lipinski definition) is 1. The zero-order valence-corrected chi connectivity index (χ0v) is 7.43. The van der Waals surface area contributed by atoms with Crippen LogP contribution in [0.5, 0.6) is 5.75 Å². The first-order chi connectivity index (χ1) is 6.24. The number of carbonyl (C=O) groups is 1. The number of rotatable bonds is 4. The molecule has 0 bridgehead atoms. The number of carboxylic acids is 1. The average molecular weight is 180 g/mol. The number of para-hydroxylation sites is 1. The van der Waals surface area contributed by atoms with Crippen LogP contribution in [0.25, 0.3) is 0 Å². The van der Waals surface area contributed by atoms with Gasteiger partial charge in [0.1, 0.15) is 5.75 Å². The summed E-state index contributed by atoms with van der Waals surface area (Å²) in [6, 6.07) is 8.96. The van der Waals surface area contributed by atoms with Crippen LogP contribution in [0.1, 0.15) is 13.3 Å². The van der Waals surface area contributed by atoms with Gasteiger partial charge in [-0.25, -0.2) is 4.79 Å². The highest BCUT2D eigenvalue weighted by Crippen LogP contribution is 2.12. The molecule has 1 rings (SSSR count). The molecule has 0 unspecified atom stereocenters. The van der Waals surface area contributed by atoms with Crippen molar-refractivity contribution in [2.24, 2.45) is 0 Å². The smallest absolute Gasteiger partial charge is 0.344 e. The quantitative estimate of drug-likeness (QED) is 0.770. The Balaban J connectivity index is 2.62. The molecule has 0 aliphatic carbocycles. The van der Waals surface area contributed by atoms with Gasteiger partial charge in [-0.15, -0.1) is 0 Å². The minimum atomic E-state index is -0.925. The Labute approximate surface area is 77.0 Å². The average Bonchev–Trinajstić information content (AvgIpc) is 2.15. The van der Waals surface area contributed by atoms with Crippen molar-refractivity contribution < 1.29 is 14.6 Å². The first-order valence-corrected chi connectivity index (χ1v) is 4.18. The molecule has 3 nitrogen and oxygen atoms in total. The van der Waals surface area contributed by atoms with Gasteiger partial charge in [0, 0.05) is 0 Å². The lowest BCUT2D eigenvalue weighted by molar-refractivity contribution is -0.145. The van der Waals surface area contributed by atoms with Crippen LogP contribution < -0.4 is 4.74 Å². The predicted molar refractivity (Wildman–Crippen MR) is 48.8 cm³/mol. The van der Waals surface area contributed by atoms with E-state index in [-0.39, 0.29) is 0 Å². The molecule has 70 valence electrons. The third-order valence-electron chi connectivity index (χ3n) is 1.67. The zero-order chi connectivity index (χ0) is 9.68. The third-order valence-corrected chi connectivity index (χ3v) is 1.67. The van der Waals surface area contributed by atoms with Gasteiger partial charge < -0.3 is 9.84 Å². The first-order valence-electron chi connectivity index (χ1n) is 4.18. The lowest BCUT2D eigenvalue weighted by Crippen LogP contribution is -2.25. The Bertz CT molecular complexity index is 269. The molecule has 1 aromatic rings. The van der Waals surface area contributed by atoms with E-state index in [2.05, 4.69) is 0 Å². The number of benzene rings is 1. The largest absolute Gasteiger partial charge is 0.479 e. The van der Waals surface area contributed by atoms with Crippen LogP contribution >= 0.6 is 0 Å². The molecule has 0 aromatic heterocycles. The molecule has 0 heterocycles. The van der Waals surface area contributed by atoms with Crippen LogP contribution in [0.3, 0.4) is 0 Å². The van der Waals surface area contributed by atoms with Crippen molar-refractivity contribution in [3.63, 3.8) is 0 Å². The lowest BCUT2D eigenvalue weighted by atomic mass is 10.3. The fraction of sp³-hybridized carbons (Fsp3) is 0.300. The second-order valence-electron chi connectivity index (χ2n) is 2.67. The molecule has 13 heavy (non-hydrogen) atoms. The van der Waals surface area contributed by atoms with Crippen LogP contribution in [0.4, 0.5) is 0 Å². The molecule has 0 aliphatic rings. The van der Waals surface area contributed by atoms with Crippen LogP contribution in [0, 0.1) is 0 Å². The Kier molecular flexibility index (Phi) is 3.31. The monoisotopic (exact) mass is 180 g/mol. The van der Waals surface area contributed by atoms with Crippen molar-refractivity contribution in [2.75, 3.05) is 0 Å². The number of carboxylic acid groups (broad SMARTS) is 1. The maximum atomic E-state index is 10.6. The van der Waals surface area contributed by atoms with E-state index in [9.17, 15) is 4.79 Å². The Hall–Kier alpha value is -1.51. The summed E-state index contributed by atoms with van der Waals surface area (Å²) in [7, 11) is 0. The molecule has 1 atom stereocenters. The third kappa shape index (κ3) is 2.78. The summed E-state index contributed by atoms with van der Waals surface area (Å²) < 4.78 is 5.23. The summed E-state index contributed by atoms with van der Waals surface area (Å²) in [5.74, 6) is -0.330. The fourth-order valence-electron chi connectivity index (χ4n) is 0.972. The van der Waals surface area contributed by atoms with E-state index in [1.165, 1.54) is 0 Å². The highest BCUT2D eigenvalue weighted by molar-refractivity contribution is 5.72. The molecule has 1 aromatic carbocycles. The van der Waals surface area contributed by atoms with Gasteiger partial charge in [-0.2, -0.15) is 0 Å². The van der Waals surface area contributed by atoms with Crippen molar-refractivity contribution in [1.82, 2.24) is 0 Å². The highest BCUT2D eigenvalue weighted by Gasteiger charge is 2.15. The number of ether oxygens (including phenoxy) is 1. The van der Waals surface area contributed by atoms with E-state index in [1.54, 1.807) is 19.1 Å². The topological polar surface area (TPSA) is 46.5 Å². The van der Waals surface area contributed by atoms with Gasteiger partial charge in [-0.3, -0.25) is 0 Å². The summed E-state index contributed by atoms with van der Waals surface area (Å²) in [5.41, 5.74) is 0. The molecule has 0 spiro atoms. The van der Waals surface area contributed by atoms with Crippen LogP contribution in [0.15, 0.2) is 30.3 Å². The van der Waals surface area contributed by atoms with E-state index in [4.69, 9.17) is 9.84 Å². The molecule has 0 radical (unpaired) electrons.